The van der Waals surface area contributed by atoms with Gasteiger partial charge in [-0.05, 0) is 18.6 Å². The highest BCUT2D eigenvalue weighted by atomic mass is 16.5. The van der Waals surface area contributed by atoms with Crippen molar-refractivity contribution in [2.24, 2.45) is 0 Å². The van der Waals surface area contributed by atoms with Crippen LogP contribution in [0.5, 0.6) is 11.5 Å². The zero-order valence-corrected chi connectivity index (χ0v) is 13.8. The van der Waals surface area contributed by atoms with Crippen molar-refractivity contribution >= 4 is 5.91 Å². The number of hydrogen-bond donors (Lipinski definition) is 1. The molecule has 4 rings (SSSR count). The Morgan fingerprint density at radius 3 is 2.79 bits per heavy atom. The summed E-state index contributed by atoms with van der Waals surface area (Å²) in [5, 5.41) is 3.09. The van der Waals surface area contributed by atoms with E-state index in [9.17, 15) is 4.79 Å². The Kier molecular flexibility index (Phi) is 3.89. The van der Waals surface area contributed by atoms with E-state index in [0.717, 1.165) is 46.6 Å². The van der Waals surface area contributed by atoms with Crippen molar-refractivity contribution in [2.45, 2.75) is 32.2 Å². The van der Waals surface area contributed by atoms with Crippen molar-refractivity contribution in [1.82, 2.24) is 5.32 Å². The molecule has 1 atom stereocenters. The van der Waals surface area contributed by atoms with Gasteiger partial charge in [0.2, 0.25) is 5.91 Å². The molecule has 1 amide bonds. The maximum absolute atomic E-state index is 12.6. The van der Waals surface area contributed by atoms with Gasteiger partial charge in [-0.15, -0.1) is 0 Å². The number of carbonyl (C=O) groups is 1. The molecule has 0 spiro atoms. The van der Waals surface area contributed by atoms with Gasteiger partial charge in [0, 0.05) is 29.5 Å². The summed E-state index contributed by atoms with van der Waals surface area (Å²) >= 11 is 0. The molecule has 124 valence electrons. The van der Waals surface area contributed by atoms with E-state index in [1.165, 1.54) is 0 Å². The minimum atomic E-state index is -0.0133. The molecule has 2 heterocycles. The number of carbonyl (C=O) groups excluding carboxylic acids is 1. The molecule has 0 saturated carbocycles. The smallest absolute Gasteiger partial charge is 0.225 e. The van der Waals surface area contributed by atoms with E-state index in [1.54, 1.807) is 0 Å². The van der Waals surface area contributed by atoms with E-state index >= 15 is 0 Å². The second-order valence-electron chi connectivity index (χ2n) is 6.39. The fourth-order valence-electron chi connectivity index (χ4n) is 3.55. The quantitative estimate of drug-likeness (QED) is 0.941. The molecule has 2 aromatic carbocycles. The fraction of sp³-hybridized carbons (Fsp3) is 0.350. The van der Waals surface area contributed by atoms with Crippen LogP contribution in [-0.2, 0) is 24.1 Å². The SMILES string of the molecule is CC(NC(=O)Cc1c2c(cc3c1OCC3)OCC2)c1ccccc1. The van der Waals surface area contributed by atoms with Gasteiger partial charge in [-0.3, -0.25) is 4.79 Å². The summed E-state index contributed by atoms with van der Waals surface area (Å²) in [6.07, 6.45) is 2.08. The summed E-state index contributed by atoms with van der Waals surface area (Å²) in [6, 6.07) is 12.1. The van der Waals surface area contributed by atoms with Crippen LogP contribution in [0.15, 0.2) is 36.4 Å². The van der Waals surface area contributed by atoms with E-state index in [-0.39, 0.29) is 11.9 Å². The summed E-state index contributed by atoms with van der Waals surface area (Å²) in [5.41, 5.74) is 4.41. The molecule has 0 bridgehead atoms. The third kappa shape index (κ3) is 2.73. The first-order chi connectivity index (χ1) is 11.7. The van der Waals surface area contributed by atoms with Crippen LogP contribution >= 0.6 is 0 Å². The van der Waals surface area contributed by atoms with Crippen molar-refractivity contribution in [1.29, 1.82) is 0 Å². The molecule has 0 fully saturated rings. The third-order valence-corrected chi connectivity index (χ3v) is 4.77. The number of benzene rings is 2. The molecule has 0 radical (unpaired) electrons. The van der Waals surface area contributed by atoms with Crippen LogP contribution in [0.1, 0.15) is 35.2 Å². The van der Waals surface area contributed by atoms with E-state index in [2.05, 4.69) is 11.4 Å². The minimum Gasteiger partial charge on any atom is -0.493 e. The van der Waals surface area contributed by atoms with Crippen LogP contribution < -0.4 is 14.8 Å². The van der Waals surface area contributed by atoms with Crippen LogP contribution in [0.2, 0.25) is 0 Å². The molecular weight excluding hydrogens is 302 g/mol. The summed E-state index contributed by atoms with van der Waals surface area (Å²) in [4.78, 5) is 12.6. The Balaban J connectivity index is 1.54. The monoisotopic (exact) mass is 323 g/mol. The van der Waals surface area contributed by atoms with E-state index < -0.39 is 0 Å². The maximum atomic E-state index is 12.6. The van der Waals surface area contributed by atoms with Crippen LogP contribution in [0, 0.1) is 0 Å². The number of rotatable bonds is 4. The standard InChI is InChI=1S/C20H21NO3/c1-13(14-5-3-2-4-6-14)21-19(22)12-17-16-8-10-23-18(16)11-15-7-9-24-20(15)17/h2-6,11,13H,7-10,12H2,1H3,(H,21,22). The molecule has 0 aromatic heterocycles. The van der Waals surface area contributed by atoms with Crippen molar-refractivity contribution < 1.29 is 14.3 Å². The Hall–Kier alpha value is -2.49. The van der Waals surface area contributed by atoms with Crippen molar-refractivity contribution in [3.63, 3.8) is 0 Å². The lowest BCUT2D eigenvalue weighted by Gasteiger charge is -2.16. The van der Waals surface area contributed by atoms with E-state index in [4.69, 9.17) is 9.47 Å². The lowest BCUT2D eigenvalue weighted by atomic mass is 9.97. The third-order valence-electron chi connectivity index (χ3n) is 4.77. The lowest BCUT2D eigenvalue weighted by Crippen LogP contribution is -2.28. The summed E-state index contributed by atoms with van der Waals surface area (Å²) in [5.74, 6) is 1.85. The number of hydrogen-bond acceptors (Lipinski definition) is 3. The van der Waals surface area contributed by atoms with Gasteiger partial charge in [-0.1, -0.05) is 30.3 Å². The first kappa shape index (κ1) is 15.1. The number of amides is 1. The first-order valence-electron chi connectivity index (χ1n) is 8.50. The van der Waals surface area contributed by atoms with Gasteiger partial charge in [0.1, 0.15) is 11.5 Å². The van der Waals surface area contributed by atoms with Gasteiger partial charge in [0.05, 0.1) is 25.7 Å². The Morgan fingerprint density at radius 2 is 1.96 bits per heavy atom. The average Bonchev–Trinajstić information content (AvgIpc) is 3.24. The predicted molar refractivity (Wildman–Crippen MR) is 91.5 cm³/mol. The highest BCUT2D eigenvalue weighted by Crippen LogP contribution is 2.40. The first-order valence-corrected chi connectivity index (χ1v) is 8.50. The molecule has 4 nitrogen and oxygen atoms in total. The fourth-order valence-corrected chi connectivity index (χ4v) is 3.55. The van der Waals surface area contributed by atoms with Gasteiger partial charge in [-0.2, -0.15) is 0 Å². The summed E-state index contributed by atoms with van der Waals surface area (Å²) in [7, 11) is 0. The van der Waals surface area contributed by atoms with Gasteiger partial charge in [-0.25, -0.2) is 0 Å². The predicted octanol–water partition coefficient (Wildman–Crippen LogP) is 2.98. The van der Waals surface area contributed by atoms with Crippen molar-refractivity contribution in [3.8, 4) is 11.5 Å². The second kappa shape index (κ2) is 6.19. The Morgan fingerprint density at radius 1 is 1.17 bits per heavy atom. The topological polar surface area (TPSA) is 47.6 Å². The molecule has 4 heteroatoms. The highest BCUT2D eigenvalue weighted by molar-refractivity contribution is 5.81. The summed E-state index contributed by atoms with van der Waals surface area (Å²) in [6.45, 7) is 3.38. The van der Waals surface area contributed by atoms with Gasteiger partial charge in [0.25, 0.3) is 0 Å². The van der Waals surface area contributed by atoms with Crippen LogP contribution in [0.4, 0.5) is 0 Å². The van der Waals surface area contributed by atoms with Crippen LogP contribution in [0.25, 0.3) is 0 Å². The van der Waals surface area contributed by atoms with Crippen molar-refractivity contribution in [2.75, 3.05) is 13.2 Å². The second-order valence-corrected chi connectivity index (χ2v) is 6.39. The largest absolute Gasteiger partial charge is 0.493 e. The highest BCUT2D eigenvalue weighted by Gasteiger charge is 2.27. The molecule has 0 saturated heterocycles. The van der Waals surface area contributed by atoms with E-state index in [0.29, 0.717) is 19.6 Å². The Bertz CT molecular complexity index is 738. The number of nitrogens with one attached hydrogen (secondary N) is 1. The minimum absolute atomic E-state index is 0.0133. The normalized spacial score (nSPS) is 15.9. The zero-order valence-electron chi connectivity index (χ0n) is 13.8. The zero-order chi connectivity index (χ0) is 16.5. The average molecular weight is 323 g/mol. The number of fused-ring (bicyclic) bond motifs is 2. The molecule has 1 unspecified atom stereocenters. The molecule has 0 aliphatic carbocycles. The van der Waals surface area contributed by atoms with Crippen LogP contribution in [-0.4, -0.2) is 19.1 Å². The van der Waals surface area contributed by atoms with E-state index in [1.807, 2.05) is 37.3 Å². The lowest BCUT2D eigenvalue weighted by molar-refractivity contribution is -0.121. The Labute approximate surface area is 141 Å². The number of ether oxygens (including phenoxy) is 2. The maximum Gasteiger partial charge on any atom is 0.225 e. The van der Waals surface area contributed by atoms with Gasteiger partial charge in [0.15, 0.2) is 0 Å². The van der Waals surface area contributed by atoms with Gasteiger partial charge >= 0.3 is 0 Å². The summed E-state index contributed by atoms with van der Waals surface area (Å²) < 4.78 is 11.5. The van der Waals surface area contributed by atoms with Gasteiger partial charge < -0.3 is 14.8 Å². The molecular formula is C20H21NO3. The van der Waals surface area contributed by atoms with Crippen LogP contribution in [0.3, 0.4) is 0 Å². The molecule has 24 heavy (non-hydrogen) atoms. The molecule has 1 N–H and O–H groups in total. The molecule has 2 aliphatic heterocycles. The molecule has 2 aliphatic rings. The molecule has 2 aromatic rings. The van der Waals surface area contributed by atoms with Crippen molar-refractivity contribution in [3.05, 3.63) is 58.7 Å².